The summed E-state index contributed by atoms with van der Waals surface area (Å²) in [5.41, 5.74) is 0.0711. The Kier molecular flexibility index (Phi) is 3.92. The molecule has 1 heterocycles. The van der Waals surface area contributed by atoms with Crippen LogP contribution in [0.2, 0.25) is 0 Å². The van der Waals surface area contributed by atoms with Crippen molar-refractivity contribution < 1.29 is 9.53 Å². The van der Waals surface area contributed by atoms with E-state index >= 15 is 0 Å². The quantitative estimate of drug-likeness (QED) is 0.599. The minimum Gasteiger partial charge on any atom is -0.456 e. The first-order chi connectivity index (χ1) is 6.49. The number of carbonyl (C=O) groups is 1. The van der Waals surface area contributed by atoms with Gasteiger partial charge in [-0.05, 0) is 12.1 Å². The lowest BCUT2D eigenvalue weighted by atomic mass is 10.4. The number of aromatic nitrogens is 2. The molecule has 0 bridgehead atoms. The number of esters is 1. The Morgan fingerprint density at radius 1 is 1.50 bits per heavy atom. The molecule has 0 aromatic carbocycles. The summed E-state index contributed by atoms with van der Waals surface area (Å²) < 4.78 is 3.04. The molecule has 0 unspecified atom stereocenters. The van der Waals surface area contributed by atoms with E-state index in [2.05, 4.69) is 14.9 Å². The molecule has 1 aromatic rings. The highest BCUT2D eigenvalue weighted by molar-refractivity contribution is 6.67. The molecule has 0 saturated heterocycles. The van der Waals surface area contributed by atoms with Gasteiger partial charge in [0.05, 0.1) is 0 Å². The average molecular weight is 255 g/mol. The summed E-state index contributed by atoms with van der Waals surface area (Å²) in [5.74, 6) is -0.676. The van der Waals surface area contributed by atoms with E-state index in [4.69, 9.17) is 34.8 Å². The molecular weight excluding hydrogens is 250 g/mol. The zero-order chi connectivity index (χ0) is 10.6. The third-order valence-electron chi connectivity index (χ3n) is 1.15. The van der Waals surface area contributed by atoms with Crippen molar-refractivity contribution in [3.63, 3.8) is 0 Å². The van der Waals surface area contributed by atoms with Crippen molar-refractivity contribution in [3.8, 4) is 0 Å². The second-order valence-corrected chi connectivity index (χ2v) is 4.82. The van der Waals surface area contributed by atoms with Crippen LogP contribution >= 0.6 is 34.8 Å². The normalized spacial score (nSPS) is 11.1. The van der Waals surface area contributed by atoms with Gasteiger partial charge in [0, 0.05) is 6.20 Å². The van der Waals surface area contributed by atoms with E-state index in [-0.39, 0.29) is 12.3 Å². The lowest BCUT2D eigenvalue weighted by Crippen LogP contribution is -2.18. The predicted octanol–water partition coefficient (Wildman–Crippen LogP) is 2.00. The van der Waals surface area contributed by atoms with Crippen LogP contribution in [-0.2, 0) is 4.74 Å². The molecule has 0 spiro atoms. The van der Waals surface area contributed by atoms with Crippen LogP contribution in [0.15, 0.2) is 18.3 Å². The molecule has 76 valence electrons. The number of carbonyl (C=O) groups excluding carboxylic acids is 1. The van der Waals surface area contributed by atoms with Crippen molar-refractivity contribution in [1.29, 1.82) is 0 Å². The molecule has 0 aliphatic rings. The summed E-state index contributed by atoms with van der Waals surface area (Å²) in [5, 5.41) is 7.03. The second kappa shape index (κ2) is 4.77. The Morgan fingerprint density at radius 2 is 2.21 bits per heavy atom. The first-order valence-electron chi connectivity index (χ1n) is 3.50. The molecule has 4 nitrogen and oxygen atoms in total. The van der Waals surface area contributed by atoms with Gasteiger partial charge in [-0.3, -0.25) is 0 Å². The summed E-state index contributed by atoms with van der Waals surface area (Å²) >= 11 is 16.1. The maximum Gasteiger partial charge on any atom is 0.359 e. The molecular formula is C7H5Cl3N2O2. The fourth-order valence-corrected chi connectivity index (χ4v) is 0.795. The van der Waals surface area contributed by atoms with Crippen LogP contribution in [0.3, 0.4) is 0 Å². The minimum absolute atomic E-state index is 0.0711. The van der Waals surface area contributed by atoms with Crippen molar-refractivity contribution in [1.82, 2.24) is 10.2 Å². The fraction of sp³-hybridized carbons (Fsp3) is 0.286. The zero-order valence-electron chi connectivity index (χ0n) is 6.78. The molecule has 0 radical (unpaired) electrons. The molecule has 0 aliphatic heterocycles. The highest BCUT2D eigenvalue weighted by Gasteiger charge is 2.22. The average Bonchev–Trinajstić information content (AvgIpc) is 2.14. The van der Waals surface area contributed by atoms with Gasteiger partial charge in [0.25, 0.3) is 0 Å². The van der Waals surface area contributed by atoms with E-state index < -0.39 is 9.76 Å². The number of ether oxygens (including phenoxy) is 1. The standard InChI is InChI=1S/C7H5Cl3N2O2/c8-7(9,10)4-14-6(13)5-2-1-3-11-12-5/h1-3H,4H2. The lowest BCUT2D eigenvalue weighted by molar-refractivity contribution is 0.0504. The number of hydrogen-bond acceptors (Lipinski definition) is 4. The second-order valence-electron chi connectivity index (χ2n) is 2.30. The van der Waals surface area contributed by atoms with Gasteiger partial charge < -0.3 is 4.74 Å². The van der Waals surface area contributed by atoms with E-state index in [0.717, 1.165) is 0 Å². The summed E-state index contributed by atoms with van der Waals surface area (Å²) in [6, 6.07) is 3.01. The lowest BCUT2D eigenvalue weighted by Gasteiger charge is -2.10. The molecule has 0 saturated carbocycles. The topological polar surface area (TPSA) is 52.1 Å². The van der Waals surface area contributed by atoms with Gasteiger partial charge >= 0.3 is 5.97 Å². The monoisotopic (exact) mass is 254 g/mol. The molecule has 1 aromatic heterocycles. The Balaban J connectivity index is 2.52. The predicted molar refractivity (Wildman–Crippen MR) is 52.6 cm³/mol. The molecule has 0 amide bonds. The Morgan fingerprint density at radius 3 is 2.71 bits per heavy atom. The molecule has 7 heteroatoms. The first kappa shape index (κ1) is 11.5. The van der Waals surface area contributed by atoms with Crippen molar-refractivity contribution in [2.24, 2.45) is 0 Å². The Labute approximate surface area is 95.1 Å². The minimum atomic E-state index is -1.61. The van der Waals surface area contributed by atoms with Crippen LogP contribution in [0.25, 0.3) is 0 Å². The van der Waals surface area contributed by atoms with Gasteiger partial charge in [0.15, 0.2) is 5.69 Å². The van der Waals surface area contributed by atoms with Crippen LogP contribution in [0.4, 0.5) is 0 Å². The Hall–Kier alpha value is -0.580. The van der Waals surface area contributed by atoms with Crippen LogP contribution in [-0.4, -0.2) is 26.6 Å². The summed E-state index contributed by atoms with van der Waals surface area (Å²) in [7, 11) is 0. The van der Waals surface area contributed by atoms with E-state index in [0.29, 0.717) is 0 Å². The smallest absolute Gasteiger partial charge is 0.359 e. The Bertz CT molecular complexity index is 312. The van der Waals surface area contributed by atoms with E-state index in [1.54, 1.807) is 6.07 Å². The third-order valence-corrected chi connectivity index (χ3v) is 1.48. The first-order valence-corrected chi connectivity index (χ1v) is 4.64. The molecule has 14 heavy (non-hydrogen) atoms. The highest BCUT2D eigenvalue weighted by Crippen LogP contribution is 2.26. The van der Waals surface area contributed by atoms with Crippen LogP contribution in [0, 0.1) is 0 Å². The summed E-state index contributed by atoms with van der Waals surface area (Å²) in [6.07, 6.45) is 1.44. The van der Waals surface area contributed by atoms with Gasteiger partial charge in [0.1, 0.15) is 6.61 Å². The van der Waals surface area contributed by atoms with Gasteiger partial charge in [-0.1, -0.05) is 34.8 Å². The number of hydrogen-bond donors (Lipinski definition) is 0. The third kappa shape index (κ3) is 4.09. The largest absolute Gasteiger partial charge is 0.456 e. The highest BCUT2D eigenvalue weighted by atomic mass is 35.6. The number of nitrogens with zero attached hydrogens (tertiary/aromatic N) is 2. The number of halogens is 3. The van der Waals surface area contributed by atoms with E-state index in [1.165, 1.54) is 12.3 Å². The van der Waals surface area contributed by atoms with Crippen molar-refractivity contribution in [3.05, 3.63) is 24.0 Å². The van der Waals surface area contributed by atoms with Crippen LogP contribution in [0.5, 0.6) is 0 Å². The fourth-order valence-electron chi connectivity index (χ4n) is 0.632. The number of alkyl halides is 3. The summed E-state index contributed by atoms with van der Waals surface area (Å²) in [6.45, 7) is -0.326. The molecule has 0 fully saturated rings. The van der Waals surface area contributed by atoms with Gasteiger partial charge in [-0.15, -0.1) is 5.10 Å². The van der Waals surface area contributed by atoms with Crippen LogP contribution in [0.1, 0.15) is 10.5 Å². The molecule has 1 rings (SSSR count). The van der Waals surface area contributed by atoms with Crippen molar-refractivity contribution >= 4 is 40.8 Å². The van der Waals surface area contributed by atoms with E-state index in [1.807, 2.05) is 0 Å². The molecule has 0 N–H and O–H groups in total. The zero-order valence-corrected chi connectivity index (χ0v) is 9.05. The van der Waals surface area contributed by atoms with Gasteiger partial charge in [-0.25, -0.2) is 4.79 Å². The van der Waals surface area contributed by atoms with Gasteiger partial charge in [0.2, 0.25) is 3.79 Å². The van der Waals surface area contributed by atoms with Crippen molar-refractivity contribution in [2.45, 2.75) is 3.79 Å². The molecule has 0 aliphatic carbocycles. The van der Waals surface area contributed by atoms with E-state index in [9.17, 15) is 4.79 Å². The summed E-state index contributed by atoms with van der Waals surface area (Å²) in [4.78, 5) is 11.2. The maximum absolute atomic E-state index is 11.2. The van der Waals surface area contributed by atoms with Crippen LogP contribution < -0.4 is 0 Å². The number of rotatable bonds is 2. The SMILES string of the molecule is O=C(OCC(Cl)(Cl)Cl)c1cccnn1. The van der Waals surface area contributed by atoms with Crippen molar-refractivity contribution in [2.75, 3.05) is 6.61 Å². The van der Waals surface area contributed by atoms with Gasteiger partial charge in [-0.2, -0.15) is 5.10 Å². The maximum atomic E-state index is 11.2. The molecule has 0 atom stereocenters.